The van der Waals surface area contributed by atoms with E-state index in [1.807, 2.05) is 23.9 Å². The number of rotatable bonds is 6. The molecular formula is C12H16BrN5O. The maximum atomic E-state index is 11.9. The van der Waals surface area contributed by atoms with Gasteiger partial charge in [0.15, 0.2) is 0 Å². The molecule has 2 heterocycles. The molecule has 102 valence electrons. The molecule has 1 N–H and O–H groups in total. The van der Waals surface area contributed by atoms with Gasteiger partial charge in [-0.25, -0.2) is 0 Å². The summed E-state index contributed by atoms with van der Waals surface area (Å²) in [5, 5.41) is 11.1. The van der Waals surface area contributed by atoms with E-state index in [2.05, 4.69) is 31.4 Å². The van der Waals surface area contributed by atoms with E-state index in [1.165, 1.54) is 0 Å². The second-order valence-electron chi connectivity index (χ2n) is 4.23. The Morgan fingerprint density at radius 3 is 3.00 bits per heavy atom. The number of nitrogens with zero attached hydrogens (tertiary/aromatic N) is 4. The van der Waals surface area contributed by atoms with Crippen LogP contribution in [0.2, 0.25) is 0 Å². The van der Waals surface area contributed by atoms with Crippen LogP contribution in [0.15, 0.2) is 35.3 Å². The van der Waals surface area contributed by atoms with Gasteiger partial charge >= 0.3 is 0 Å². The molecule has 1 amide bonds. The van der Waals surface area contributed by atoms with E-state index >= 15 is 0 Å². The van der Waals surface area contributed by atoms with Gasteiger partial charge in [0.05, 0.1) is 10.7 Å². The molecule has 0 aliphatic heterocycles. The Kier molecular flexibility index (Phi) is 4.73. The van der Waals surface area contributed by atoms with Crippen LogP contribution in [-0.4, -0.2) is 32.0 Å². The van der Waals surface area contributed by atoms with Crippen molar-refractivity contribution in [1.82, 2.24) is 24.9 Å². The summed E-state index contributed by atoms with van der Waals surface area (Å²) in [4.78, 5) is 11.9. The minimum absolute atomic E-state index is 0.0314. The van der Waals surface area contributed by atoms with E-state index in [9.17, 15) is 4.79 Å². The fourth-order valence-corrected chi connectivity index (χ4v) is 1.98. The number of hydrogen-bond acceptors (Lipinski definition) is 3. The number of amides is 1. The summed E-state index contributed by atoms with van der Waals surface area (Å²) in [5.41, 5.74) is 0. The molecule has 0 radical (unpaired) electrons. The van der Waals surface area contributed by atoms with Crippen molar-refractivity contribution in [1.29, 1.82) is 0 Å². The summed E-state index contributed by atoms with van der Waals surface area (Å²) in [6, 6.07) is 1.58. The first-order chi connectivity index (χ1) is 9.16. The van der Waals surface area contributed by atoms with Gasteiger partial charge in [0.25, 0.3) is 0 Å². The van der Waals surface area contributed by atoms with Crippen molar-refractivity contribution in [3.05, 3.63) is 35.3 Å². The third-order valence-corrected chi connectivity index (χ3v) is 3.18. The molecule has 2 aromatic rings. The van der Waals surface area contributed by atoms with Gasteiger partial charge in [-0.2, -0.15) is 10.2 Å². The SMILES string of the molecule is CC(C(=O)NCCCn1cccn1)n1cc(Br)cn1. The topological polar surface area (TPSA) is 64.7 Å². The smallest absolute Gasteiger partial charge is 0.244 e. The van der Waals surface area contributed by atoms with Crippen LogP contribution in [-0.2, 0) is 11.3 Å². The first-order valence-corrected chi connectivity index (χ1v) is 6.91. The van der Waals surface area contributed by atoms with Crippen LogP contribution < -0.4 is 5.32 Å². The first kappa shape index (κ1) is 13.8. The van der Waals surface area contributed by atoms with E-state index in [0.29, 0.717) is 6.54 Å². The quantitative estimate of drug-likeness (QED) is 0.820. The van der Waals surface area contributed by atoms with Crippen LogP contribution in [0.1, 0.15) is 19.4 Å². The molecule has 7 heteroatoms. The van der Waals surface area contributed by atoms with Crippen LogP contribution in [0.5, 0.6) is 0 Å². The molecule has 0 aliphatic carbocycles. The minimum Gasteiger partial charge on any atom is -0.354 e. The Balaban J connectivity index is 1.72. The van der Waals surface area contributed by atoms with Gasteiger partial charge in [-0.05, 0) is 35.3 Å². The standard InChI is InChI=1S/C12H16BrN5O/c1-10(18-9-11(13)8-16-18)12(19)14-4-2-6-17-7-3-5-15-17/h3,5,7-10H,2,4,6H2,1H3,(H,14,19). The zero-order chi connectivity index (χ0) is 13.7. The molecule has 1 unspecified atom stereocenters. The Bertz CT molecular complexity index is 522. The Morgan fingerprint density at radius 1 is 1.53 bits per heavy atom. The maximum Gasteiger partial charge on any atom is 0.244 e. The number of aryl methyl sites for hydroxylation is 1. The normalized spacial score (nSPS) is 12.3. The Labute approximate surface area is 119 Å². The molecule has 2 rings (SSSR count). The highest BCUT2D eigenvalue weighted by Crippen LogP contribution is 2.11. The highest BCUT2D eigenvalue weighted by atomic mass is 79.9. The van der Waals surface area contributed by atoms with Gasteiger partial charge < -0.3 is 5.32 Å². The van der Waals surface area contributed by atoms with Crippen molar-refractivity contribution in [3.8, 4) is 0 Å². The largest absolute Gasteiger partial charge is 0.354 e. The number of nitrogens with one attached hydrogen (secondary N) is 1. The second kappa shape index (κ2) is 6.51. The van der Waals surface area contributed by atoms with Gasteiger partial charge in [0.2, 0.25) is 5.91 Å². The summed E-state index contributed by atoms with van der Waals surface area (Å²) in [6.45, 7) is 3.25. The number of carbonyl (C=O) groups excluding carboxylic acids is 1. The van der Waals surface area contributed by atoms with Gasteiger partial charge in [0, 0.05) is 31.7 Å². The Hall–Kier alpha value is -1.63. The highest BCUT2D eigenvalue weighted by Gasteiger charge is 2.14. The van der Waals surface area contributed by atoms with E-state index in [0.717, 1.165) is 17.4 Å². The predicted octanol–water partition coefficient (Wildman–Crippen LogP) is 1.61. The van der Waals surface area contributed by atoms with E-state index in [4.69, 9.17) is 0 Å². The zero-order valence-electron chi connectivity index (χ0n) is 10.7. The third-order valence-electron chi connectivity index (χ3n) is 2.77. The lowest BCUT2D eigenvalue weighted by Crippen LogP contribution is -2.32. The average molecular weight is 326 g/mol. The first-order valence-electron chi connectivity index (χ1n) is 6.11. The molecular weight excluding hydrogens is 310 g/mol. The number of aromatic nitrogens is 4. The van der Waals surface area contributed by atoms with Crippen LogP contribution in [0.3, 0.4) is 0 Å². The van der Waals surface area contributed by atoms with Crippen molar-refractivity contribution in [2.75, 3.05) is 6.54 Å². The second-order valence-corrected chi connectivity index (χ2v) is 5.14. The Morgan fingerprint density at radius 2 is 2.37 bits per heavy atom. The molecule has 6 nitrogen and oxygen atoms in total. The highest BCUT2D eigenvalue weighted by molar-refractivity contribution is 9.10. The van der Waals surface area contributed by atoms with Crippen molar-refractivity contribution in [2.24, 2.45) is 0 Å². The molecule has 0 saturated carbocycles. The zero-order valence-corrected chi connectivity index (χ0v) is 12.2. The lowest BCUT2D eigenvalue weighted by molar-refractivity contribution is -0.124. The molecule has 0 saturated heterocycles. The van der Waals surface area contributed by atoms with E-state index in [-0.39, 0.29) is 11.9 Å². The van der Waals surface area contributed by atoms with Crippen molar-refractivity contribution in [2.45, 2.75) is 25.9 Å². The van der Waals surface area contributed by atoms with Crippen molar-refractivity contribution in [3.63, 3.8) is 0 Å². The fourth-order valence-electron chi connectivity index (χ4n) is 1.68. The molecule has 0 fully saturated rings. The molecule has 2 aromatic heterocycles. The van der Waals surface area contributed by atoms with Crippen molar-refractivity contribution >= 4 is 21.8 Å². The van der Waals surface area contributed by atoms with Gasteiger partial charge in [-0.3, -0.25) is 14.2 Å². The lowest BCUT2D eigenvalue weighted by Gasteiger charge is -2.12. The van der Waals surface area contributed by atoms with Gasteiger partial charge in [-0.15, -0.1) is 0 Å². The van der Waals surface area contributed by atoms with Crippen LogP contribution >= 0.6 is 15.9 Å². The number of halogens is 1. The van der Waals surface area contributed by atoms with E-state index < -0.39 is 0 Å². The predicted molar refractivity (Wildman–Crippen MR) is 74.5 cm³/mol. The van der Waals surface area contributed by atoms with Crippen LogP contribution in [0, 0.1) is 0 Å². The third kappa shape index (κ3) is 3.92. The summed E-state index contributed by atoms with van der Waals surface area (Å²) in [5.74, 6) is -0.0314. The lowest BCUT2D eigenvalue weighted by atomic mass is 10.3. The van der Waals surface area contributed by atoms with Gasteiger partial charge in [0.1, 0.15) is 6.04 Å². The van der Waals surface area contributed by atoms with Crippen LogP contribution in [0.4, 0.5) is 0 Å². The molecule has 1 atom stereocenters. The minimum atomic E-state index is -0.309. The molecule has 0 aliphatic rings. The van der Waals surface area contributed by atoms with E-state index in [1.54, 1.807) is 23.3 Å². The van der Waals surface area contributed by atoms with Crippen molar-refractivity contribution < 1.29 is 4.79 Å². The molecule has 0 bridgehead atoms. The monoisotopic (exact) mass is 325 g/mol. The number of hydrogen-bond donors (Lipinski definition) is 1. The van der Waals surface area contributed by atoms with Crippen LogP contribution in [0.25, 0.3) is 0 Å². The summed E-state index contributed by atoms with van der Waals surface area (Å²) in [6.07, 6.45) is 7.96. The average Bonchev–Trinajstić information content (AvgIpc) is 3.04. The summed E-state index contributed by atoms with van der Waals surface area (Å²) >= 11 is 3.31. The van der Waals surface area contributed by atoms with Gasteiger partial charge in [-0.1, -0.05) is 0 Å². The number of carbonyl (C=O) groups is 1. The maximum absolute atomic E-state index is 11.9. The summed E-state index contributed by atoms with van der Waals surface area (Å²) < 4.78 is 4.35. The molecule has 0 spiro atoms. The molecule has 19 heavy (non-hydrogen) atoms. The molecule has 0 aromatic carbocycles. The fraction of sp³-hybridized carbons (Fsp3) is 0.417. The summed E-state index contributed by atoms with van der Waals surface area (Å²) in [7, 11) is 0.